The molecule has 14 heteroatoms. The fourth-order valence-corrected chi connectivity index (χ4v) is 5.93. The third-order valence-corrected chi connectivity index (χ3v) is 8.21. The van der Waals surface area contributed by atoms with Crippen LogP contribution < -0.4 is 21.2 Å². The molecule has 0 unspecified atom stereocenters. The van der Waals surface area contributed by atoms with Crippen LogP contribution in [0.5, 0.6) is 0 Å². The van der Waals surface area contributed by atoms with Crippen molar-refractivity contribution >= 4 is 32.9 Å². The molecule has 0 radical (unpaired) electrons. The maximum atomic E-state index is 14.8. The zero-order valence-corrected chi connectivity index (χ0v) is 26.9. The smallest absolute Gasteiger partial charge is 0.238 e. The number of aromatic nitrogens is 3. The van der Waals surface area contributed by atoms with Crippen LogP contribution in [0.1, 0.15) is 39.3 Å². The molecule has 4 aromatic rings. The normalized spacial score (nSPS) is 14.3. The average Bonchev–Trinajstić information content (AvgIpc) is 3.34. The van der Waals surface area contributed by atoms with Gasteiger partial charge in [-0.05, 0) is 73.3 Å². The maximum Gasteiger partial charge on any atom is 0.238 e. The van der Waals surface area contributed by atoms with E-state index in [1.165, 1.54) is 12.1 Å². The first-order valence-corrected chi connectivity index (χ1v) is 16.7. The number of pyridine rings is 2. The summed E-state index contributed by atoms with van der Waals surface area (Å²) in [4.78, 5) is 26.9. The number of anilines is 1. The van der Waals surface area contributed by atoms with Crippen LogP contribution in [0, 0.1) is 5.82 Å². The fourth-order valence-electron chi connectivity index (χ4n) is 5.50. The van der Waals surface area contributed by atoms with E-state index in [1.807, 2.05) is 44.4 Å². The first-order chi connectivity index (χ1) is 22.4. The molecule has 3 aromatic heterocycles. The number of nitrogens with one attached hydrogen (secondary N) is 4. The summed E-state index contributed by atoms with van der Waals surface area (Å²) in [6, 6.07) is 12.1. The van der Waals surface area contributed by atoms with Crippen molar-refractivity contribution in [1.82, 2.24) is 30.0 Å². The summed E-state index contributed by atoms with van der Waals surface area (Å²) in [5.74, 6) is -0.641. The molecule has 0 bridgehead atoms. The fraction of sp³-hybridized carbons (Fsp3) is 0.212. The summed E-state index contributed by atoms with van der Waals surface area (Å²) in [7, 11) is 0.181. The molecule has 12 nitrogen and oxygen atoms in total. The molecule has 0 saturated carbocycles. The number of nitrogens with zero attached hydrogens (tertiary/aromatic N) is 4. The molecular weight excluding hydrogens is 621 g/mol. The van der Waals surface area contributed by atoms with Crippen LogP contribution in [0.25, 0.3) is 16.8 Å². The van der Waals surface area contributed by atoms with E-state index in [1.54, 1.807) is 29.4 Å². The van der Waals surface area contributed by atoms with E-state index in [0.717, 1.165) is 28.6 Å². The van der Waals surface area contributed by atoms with Crippen LogP contribution in [0.4, 0.5) is 10.1 Å². The number of sulfonamides is 1. The highest BCUT2D eigenvalue weighted by Crippen LogP contribution is 2.33. The molecule has 242 valence electrons. The van der Waals surface area contributed by atoms with E-state index in [4.69, 9.17) is 10.7 Å². The molecule has 0 fully saturated rings. The molecule has 1 amide bonds. The SMILES string of the molecule is CN(C)CC(=O)Nc1cncc(-c2ccc3c(n2)C(c2cc4c([nH]2)CC(N)=CC=C4c2cc(F)cc(CNS(C)(=O)=O)c2)=NNC3)c1. The van der Waals surface area contributed by atoms with Gasteiger partial charge >= 0.3 is 0 Å². The van der Waals surface area contributed by atoms with Crippen LogP contribution >= 0.6 is 0 Å². The molecule has 6 rings (SSSR count). The number of halogens is 1. The number of amides is 1. The van der Waals surface area contributed by atoms with Gasteiger partial charge in [-0.25, -0.2) is 22.5 Å². The van der Waals surface area contributed by atoms with Gasteiger partial charge in [0.25, 0.3) is 0 Å². The number of aromatic amines is 1. The molecule has 0 atom stereocenters. The zero-order chi connectivity index (χ0) is 33.3. The number of hydrogen-bond donors (Lipinski definition) is 5. The van der Waals surface area contributed by atoms with Crippen molar-refractivity contribution in [2.24, 2.45) is 10.8 Å². The van der Waals surface area contributed by atoms with Gasteiger partial charge in [0.2, 0.25) is 15.9 Å². The summed E-state index contributed by atoms with van der Waals surface area (Å²) >= 11 is 0. The number of carbonyl (C=O) groups excluding carboxylic acids is 1. The standard InChI is InChI=1S/C33H34FN9O3S/c1-43(2)18-31(44)39-25-11-22(15-36-17-25)28-7-4-20-16-37-42-33(32(20)41-28)30-13-27-26(6-5-24(35)12-29(27)40-30)21-8-19(9-23(34)10-21)14-38-47(3,45)46/h4-11,13,15,17,37-38,40H,12,14,16,18,35H2,1-3H3,(H,39,44). The minimum atomic E-state index is -3.47. The Balaban J connectivity index is 1.35. The van der Waals surface area contributed by atoms with E-state index in [9.17, 15) is 17.6 Å². The third-order valence-electron chi connectivity index (χ3n) is 7.54. The highest BCUT2D eigenvalue weighted by Gasteiger charge is 2.24. The molecule has 4 heterocycles. The lowest BCUT2D eigenvalue weighted by Gasteiger charge is -2.17. The third kappa shape index (κ3) is 7.46. The van der Waals surface area contributed by atoms with Crippen LogP contribution in [-0.4, -0.2) is 66.8 Å². The molecule has 1 aliphatic carbocycles. The number of likely N-dealkylation sites (N-methyl/N-ethyl adjacent to an activating group) is 1. The Bertz CT molecular complexity index is 2080. The Morgan fingerprint density at radius 1 is 1.09 bits per heavy atom. The van der Waals surface area contributed by atoms with Crippen molar-refractivity contribution in [2.45, 2.75) is 19.5 Å². The number of hydrogen-bond acceptors (Lipinski definition) is 9. The summed E-state index contributed by atoms with van der Waals surface area (Å²) in [5, 5.41) is 7.50. The number of benzene rings is 1. The summed E-state index contributed by atoms with van der Waals surface area (Å²) in [6.45, 7) is 0.682. The predicted octanol–water partition coefficient (Wildman–Crippen LogP) is 2.85. The first kappa shape index (κ1) is 31.8. The maximum absolute atomic E-state index is 14.8. The van der Waals surface area contributed by atoms with Gasteiger partial charge < -0.3 is 26.4 Å². The number of nitrogens with two attached hydrogens (primary N) is 1. The van der Waals surface area contributed by atoms with E-state index < -0.39 is 15.8 Å². The number of fused-ring (bicyclic) bond motifs is 2. The average molecular weight is 656 g/mol. The van der Waals surface area contributed by atoms with Gasteiger partial charge in [0.15, 0.2) is 0 Å². The molecule has 0 spiro atoms. The van der Waals surface area contributed by atoms with Crippen molar-refractivity contribution in [3.63, 3.8) is 0 Å². The van der Waals surface area contributed by atoms with Crippen molar-refractivity contribution in [3.8, 4) is 11.3 Å². The molecular formula is C33H34FN9O3S. The lowest BCUT2D eigenvalue weighted by molar-refractivity contribution is -0.116. The van der Waals surface area contributed by atoms with E-state index in [0.29, 0.717) is 63.8 Å². The van der Waals surface area contributed by atoms with Crippen LogP contribution in [0.3, 0.4) is 0 Å². The zero-order valence-electron chi connectivity index (χ0n) is 26.1. The van der Waals surface area contributed by atoms with Gasteiger partial charge in [0.05, 0.1) is 48.3 Å². The van der Waals surface area contributed by atoms with Crippen molar-refractivity contribution in [1.29, 1.82) is 0 Å². The molecule has 47 heavy (non-hydrogen) atoms. The van der Waals surface area contributed by atoms with Gasteiger partial charge in [-0.15, -0.1) is 0 Å². The lowest BCUT2D eigenvalue weighted by Crippen LogP contribution is -2.27. The Kier molecular flexibility index (Phi) is 8.73. The first-order valence-electron chi connectivity index (χ1n) is 14.8. The number of H-pyrrole nitrogens is 1. The molecule has 2 aliphatic rings. The Hall–Kier alpha value is -5.18. The van der Waals surface area contributed by atoms with Gasteiger partial charge in [0.1, 0.15) is 11.5 Å². The largest absolute Gasteiger partial charge is 0.402 e. The van der Waals surface area contributed by atoms with E-state index >= 15 is 0 Å². The molecule has 1 aromatic carbocycles. The number of carbonyl (C=O) groups is 1. The van der Waals surface area contributed by atoms with Crippen molar-refractivity contribution in [2.75, 3.05) is 32.2 Å². The quantitative estimate of drug-likeness (QED) is 0.183. The molecule has 0 saturated heterocycles. The van der Waals surface area contributed by atoms with Gasteiger partial charge in [-0.2, -0.15) is 5.10 Å². The summed E-state index contributed by atoms with van der Waals surface area (Å²) in [6.07, 6.45) is 8.39. The summed E-state index contributed by atoms with van der Waals surface area (Å²) in [5.41, 5.74) is 18.2. The Morgan fingerprint density at radius 3 is 2.70 bits per heavy atom. The van der Waals surface area contributed by atoms with Gasteiger partial charge in [0, 0.05) is 47.2 Å². The second-order valence-corrected chi connectivity index (χ2v) is 13.6. The second kappa shape index (κ2) is 12.9. The van der Waals surface area contributed by atoms with E-state index in [-0.39, 0.29) is 19.0 Å². The minimum Gasteiger partial charge on any atom is -0.402 e. The number of rotatable bonds is 9. The van der Waals surface area contributed by atoms with Crippen LogP contribution in [-0.2, 0) is 34.3 Å². The summed E-state index contributed by atoms with van der Waals surface area (Å²) < 4.78 is 40.6. The second-order valence-electron chi connectivity index (χ2n) is 11.8. The van der Waals surface area contributed by atoms with Crippen LogP contribution in [0.2, 0.25) is 0 Å². The van der Waals surface area contributed by atoms with E-state index in [2.05, 4.69) is 30.5 Å². The number of hydrazone groups is 1. The molecule has 1 aliphatic heterocycles. The Labute approximate surface area is 271 Å². The van der Waals surface area contributed by atoms with Crippen LogP contribution in [0.15, 0.2) is 77.8 Å². The van der Waals surface area contributed by atoms with Gasteiger partial charge in [-0.3, -0.25) is 9.78 Å². The predicted molar refractivity (Wildman–Crippen MR) is 179 cm³/mol. The highest BCUT2D eigenvalue weighted by molar-refractivity contribution is 7.88. The topological polar surface area (TPSA) is 170 Å². The highest BCUT2D eigenvalue weighted by atomic mass is 32.2. The Morgan fingerprint density at radius 2 is 1.91 bits per heavy atom. The number of allylic oxidation sites excluding steroid dienone is 3. The lowest BCUT2D eigenvalue weighted by atomic mass is 9.95. The molecule has 6 N–H and O–H groups in total. The minimum absolute atomic E-state index is 0.0474. The monoisotopic (exact) mass is 655 g/mol. The van der Waals surface area contributed by atoms with Crippen molar-refractivity contribution < 1.29 is 17.6 Å². The van der Waals surface area contributed by atoms with Gasteiger partial charge in [-0.1, -0.05) is 12.1 Å². The van der Waals surface area contributed by atoms with Crippen molar-refractivity contribution in [3.05, 3.63) is 118 Å².